The molecule has 0 aromatic carbocycles. The molecule has 0 aromatic heterocycles. The lowest BCUT2D eigenvalue weighted by molar-refractivity contribution is -0.148. The number of ether oxygens (including phenoxy) is 1. The summed E-state index contributed by atoms with van der Waals surface area (Å²) in [4.78, 5) is 13.8. The van der Waals surface area contributed by atoms with E-state index in [4.69, 9.17) is 10.5 Å². The van der Waals surface area contributed by atoms with E-state index in [-0.39, 0.29) is 11.5 Å². The molecule has 0 aromatic rings. The summed E-state index contributed by atoms with van der Waals surface area (Å²) in [6, 6.07) is -0.519. The van der Waals surface area contributed by atoms with E-state index < -0.39 is 6.04 Å². The number of esters is 1. The molecule has 4 nitrogen and oxygen atoms in total. The number of nitrogens with zero attached hydrogens (tertiary/aromatic N) is 1. The normalized spacial score (nSPS) is 21.7. The highest BCUT2D eigenvalue weighted by molar-refractivity contribution is 5.77. The summed E-state index contributed by atoms with van der Waals surface area (Å²) in [6.45, 7) is 2.21. The summed E-state index contributed by atoms with van der Waals surface area (Å²) >= 11 is 0. The van der Waals surface area contributed by atoms with Gasteiger partial charge in [0, 0.05) is 5.54 Å². The predicted molar refractivity (Wildman–Crippen MR) is 59.5 cm³/mol. The van der Waals surface area contributed by atoms with Crippen molar-refractivity contribution in [2.24, 2.45) is 5.73 Å². The molecule has 0 spiro atoms. The molecule has 0 bridgehead atoms. The van der Waals surface area contributed by atoms with Crippen molar-refractivity contribution < 1.29 is 9.53 Å². The van der Waals surface area contributed by atoms with Crippen LogP contribution in [0.15, 0.2) is 0 Å². The first-order valence-corrected chi connectivity index (χ1v) is 5.64. The number of hydrogen-bond donors (Lipinski definition) is 1. The first-order valence-electron chi connectivity index (χ1n) is 5.64. The van der Waals surface area contributed by atoms with Crippen molar-refractivity contribution in [2.75, 3.05) is 20.7 Å². The van der Waals surface area contributed by atoms with Gasteiger partial charge in [-0.3, -0.25) is 4.79 Å². The van der Waals surface area contributed by atoms with Gasteiger partial charge in [0.2, 0.25) is 0 Å². The molecule has 2 N–H and O–H groups in total. The molecule has 0 saturated heterocycles. The Morgan fingerprint density at radius 2 is 2.00 bits per heavy atom. The molecule has 0 radical (unpaired) electrons. The minimum atomic E-state index is -0.519. The zero-order valence-corrected chi connectivity index (χ0v) is 9.95. The average Bonchev–Trinajstić information content (AvgIpc) is 2.66. The van der Waals surface area contributed by atoms with Crippen LogP contribution >= 0.6 is 0 Å². The molecule has 1 aliphatic rings. The standard InChI is InChI=1S/C11H22N2O2/c1-4-15-10(14)9(12)11(13(2)3)7-5-6-8-11/h9H,4-8,12H2,1-3H3. The van der Waals surface area contributed by atoms with Crippen LogP contribution in [0.25, 0.3) is 0 Å². The summed E-state index contributed by atoms with van der Waals surface area (Å²) in [6.07, 6.45) is 4.26. The molecule has 1 rings (SSSR count). The molecule has 1 fully saturated rings. The molecule has 15 heavy (non-hydrogen) atoms. The largest absolute Gasteiger partial charge is 0.465 e. The summed E-state index contributed by atoms with van der Waals surface area (Å²) in [5, 5.41) is 0. The highest BCUT2D eigenvalue weighted by Gasteiger charge is 2.45. The Bertz CT molecular complexity index is 223. The van der Waals surface area contributed by atoms with Gasteiger partial charge in [0.25, 0.3) is 0 Å². The second kappa shape index (κ2) is 4.94. The van der Waals surface area contributed by atoms with Gasteiger partial charge in [0.1, 0.15) is 6.04 Å². The SMILES string of the molecule is CCOC(=O)C(N)C1(N(C)C)CCCC1. The fourth-order valence-corrected chi connectivity index (χ4v) is 2.48. The minimum Gasteiger partial charge on any atom is -0.465 e. The van der Waals surface area contributed by atoms with Crippen molar-refractivity contribution >= 4 is 5.97 Å². The Balaban J connectivity index is 2.76. The molecule has 4 heteroatoms. The van der Waals surface area contributed by atoms with Crippen LogP contribution in [-0.2, 0) is 9.53 Å². The molecule has 0 amide bonds. The van der Waals surface area contributed by atoms with Gasteiger partial charge in [-0.05, 0) is 33.9 Å². The number of nitrogens with two attached hydrogens (primary N) is 1. The molecule has 1 atom stereocenters. The average molecular weight is 214 g/mol. The first-order chi connectivity index (χ1) is 7.04. The first kappa shape index (κ1) is 12.5. The highest BCUT2D eigenvalue weighted by atomic mass is 16.5. The van der Waals surface area contributed by atoms with Crippen molar-refractivity contribution in [1.29, 1.82) is 0 Å². The van der Waals surface area contributed by atoms with Crippen molar-refractivity contribution in [1.82, 2.24) is 4.90 Å². The monoisotopic (exact) mass is 214 g/mol. The van der Waals surface area contributed by atoms with Crippen LogP contribution in [0.4, 0.5) is 0 Å². The number of carbonyl (C=O) groups is 1. The molecule has 0 heterocycles. The van der Waals surface area contributed by atoms with Crippen LogP contribution in [0.1, 0.15) is 32.6 Å². The second-order valence-electron chi connectivity index (χ2n) is 4.43. The molecule has 1 saturated carbocycles. The van der Waals surface area contributed by atoms with Crippen LogP contribution < -0.4 is 5.73 Å². The smallest absolute Gasteiger partial charge is 0.324 e. The van der Waals surface area contributed by atoms with E-state index in [0.29, 0.717) is 6.61 Å². The van der Waals surface area contributed by atoms with Crippen LogP contribution in [-0.4, -0.2) is 43.2 Å². The summed E-state index contributed by atoms with van der Waals surface area (Å²) in [5.74, 6) is -0.270. The second-order valence-corrected chi connectivity index (χ2v) is 4.43. The molecule has 1 aliphatic carbocycles. The van der Waals surface area contributed by atoms with Crippen molar-refractivity contribution in [3.8, 4) is 0 Å². The van der Waals surface area contributed by atoms with E-state index >= 15 is 0 Å². The van der Waals surface area contributed by atoms with Crippen molar-refractivity contribution in [3.05, 3.63) is 0 Å². The van der Waals surface area contributed by atoms with Gasteiger partial charge >= 0.3 is 5.97 Å². The zero-order valence-electron chi connectivity index (χ0n) is 9.95. The van der Waals surface area contributed by atoms with E-state index in [1.807, 2.05) is 21.0 Å². The Morgan fingerprint density at radius 3 is 2.40 bits per heavy atom. The third kappa shape index (κ3) is 2.32. The topological polar surface area (TPSA) is 55.6 Å². The Labute approximate surface area is 91.8 Å². The van der Waals surface area contributed by atoms with E-state index in [9.17, 15) is 4.79 Å². The maximum Gasteiger partial charge on any atom is 0.324 e. The quantitative estimate of drug-likeness (QED) is 0.702. The summed E-state index contributed by atoms with van der Waals surface area (Å²) in [5.41, 5.74) is 5.84. The van der Waals surface area contributed by atoms with Gasteiger partial charge in [0.05, 0.1) is 6.61 Å². The van der Waals surface area contributed by atoms with Gasteiger partial charge < -0.3 is 15.4 Å². The van der Waals surface area contributed by atoms with Gasteiger partial charge in [-0.15, -0.1) is 0 Å². The molecular weight excluding hydrogens is 192 g/mol. The number of carbonyl (C=O) groups excluding carboxylic acids is 1. The maximum atomic E-state index is 11.7. The fourth-order valence-electron chi connectivity index (χ4n) is 2.48. The van der Waals surface area contributed by atoms with Crippen molar-refractivity contribution in [2.45, 2.75) is 44.2 Å². The molecule has 0 aliphatic heterocycles. The lowest BCUT2D eigenvalue weighted by Gasteiger charge is -2.39. The van der Waals surface area contributed by atoms with Crippen LogP contribution in [0.5, 0.6) is 0 Å². The number of rotatable bonds is 4. The lowest BCUT2D eigenvalue weighted by atomic mass is 9.87. The van der Waals surface area contributed by atoms with Gasteiger partial charge in [-0.2, -0.15) is 0 Å². The van der Waals surface area contributed by atoms with Gasteiger partial charge in [0.15, 0.2) is 0 Å². The third-order valence-corrected chi connectivity index (χ3v) is 3.48. The highest BCUT2D eigenvalue weighted by Crippen LogP contribution is 2.36. The lowest BCUT2D eigenvalue weighted by Crippen LogP contribution is -2.59. The molecule has 88 valence electrons. The van der Waals surface area contributed by atoms with Crippen LogP contribution in [0, 0.1) is 0 Å². The zero-order chi connectivity index (χ0) is 11.5. The number of hydrogen-bond acceptors (Lipinski definition) is 4. The minimum absolute atomic E-state index is 0.188. The van der Waals surface area contributed by atoms with E-state index in [1.165, 1.54) is 0 Å². The third-order valence-electron chi connectivity index (χ3n) is 3.48. The summed E-state index contributed by atoms with van der Waals surface area (Å²) < 4.78 is 5.00. The van der Waals surface area contributed by atoms with Crippen LogP contribution in [0.3, 0.4) is 0 Å². The molecule has 1 unspecified atom stereocenters. The van der Waals surface area contributed by atoms with Gasteiger partial charge in [-0.25, -0.2) is 0 Å². The van der Waals surface area contributed by atoms with Crippen LogP contribution in [0.2, 0.25) is 0 Å². The number of likely N-dealkylation sites (N-methyl/N-ethyl adjacent to an activating group) is 1. The Kier molecular flexibility index (Phi) is 4.11. The van der Waals surface area contributed by atoms with E-state index in [0.717, 1.165) is 25.7 Å². The van der Waals surface area contributed by atoms with Crippen molar-refractivity contribution in [3.63, 3.8) is 0 Å². The summed E-state index contributed by atoms with van der Waals surface area (Å²) in [7, 11) is 3.98. The maximum absolute atomic E-state index is 11.7. The van der Waals surface area contributed by atoms with E-state index in [2.05, 4.69) is 4.90 Å². The fraction of sp³-hybridized carbons (Fsp3) is 0.909. The van der Waals surface area contributed by atoms with E-state index in [1.54, 1.807) is 0 Å². The Hall–Kier alpha value is -0.610. The Morgan fingerprint density at radius 1 is 1.47 bits per heavy atom. The van der Waals surface area contributed by atoms with Gasteiger partial charge in [-0.1, -0.05) is 12.8 Å². The predicted octanol–water partition coefficient (Wildman–Crippen LogP) is 0.751. The molecular formula is C11H22N2O2.